The summed E-state index contributed by atoms with van der Waals surface area (Å²) in [5.74, 6) is 0.422. The minimum Gasteiger partial charge on any atom is -0.383 e. The molecule has 0 radical (unpaired) electrons. The molecular formula is C12H11N3S2. The SMILES string of the molecule is Cc1ccc(-n2c(N)c(C#N)sc2=S)cc1C. The molecule has 0 saturated carbocycles. The molecule has 2 N–H and O–H groups in total. The molecular weight excluding hydrogens is 250 g/mol. The van der Waals surface area contributed by atoms with Crippen molar-refractivity contribution in [2.24, 2.45) is 0 Å². The predicted octanol–water partition coefficient (Wildman–Crippen LogP) is 3.34. The Morgan fingerprint density at radius 2 is 2.06 bits per heavy atom. The van der Waals surface area contributed by atoms with Crippen LogP contribution in [0.5, 0.6) is 0 Å². The van der Waals surface area contributed by atoms with Gasteiger partial charge >= 0.3 is 0 Å². The molecule has 1 aromatic heterocycles. The molecule has 0 spiro atoms. The van der Waals surface area contributed by atoms with Crippen molar-refractivity contribution in [1.82, 2.24) is 4.57 Å². The average molecular weight is 261 g/mol. The zero-order chi connectivity index (χ0) is 12.6. The molecule has 17 heavy (non-hydrogen) atoms. The van der Waals surface area contributed by atoms with Crippen LogP contribution in [0.1, 0.15) is 16.0 Å². The quantitative estimate of drug-likeness (QED) is 0.801. The van der Waals surface area contributed by atoms with Crippen LogP contribution in [0.2, 0.25) is 0 Å². The molecule has 3 nitrogen and oxygen atoms in total. The van der Waals surface area contributed by atoms with E-state index in [2.05, 4.69) is 13.0 Å². The number of aryl methyl sites for hydroxylation is 2. The van der Waals surface area contributed by atoms with E-state index >= 15 is 0 Å². The first-order chi connectivity index (χ1) is 8.04. The first kappa shape index (κ1) is 11.8. The van der Waals surface area contributed by atoms with Crippen molar-refractivity contribution in [3.63, 3.8) is 0 Å². The third-order valence-electron chi connectivity index (χ3n) is 2.70. The summed E-state index contributed by atoms with van der Waals surface area (Å²) in [6.45, 7) is 4.09. The molecule has 0 fully saturated rings. The number of nitrogen functional groups attached to an aromatic ring is 1. The second kappa shape index (κ2) is 4.32. The number of nitrogens with two attached hydrogens (primary N) is 1. The Balaban J connectivity index is 2.69. The zero-order valence-corrected chi connectivity index (χ0v) is 11.2. The summed E-state index contributed by atoms with van der Waals surface area (Å²) in [6, 6.07) is 8.07. The number of thiazole rings is 1. The molecule has 0 atom stereocenters. The van der Waals surface area contributed by atoms with Gasteiger partial charge in [0.05, 0.1) is 0 Å². The second-order valence-corrected chi connectivity index (χ2v) is 5.44. The van der Waals surface area contributed by atoms with Crippen LogP contribution in [0.3, 0.4) is 0 Å². The van der Waals surface area contributed by atoms with E-state index in [1.807, 2.05) is 25.1 Å². The maximum Gasteiger partial charge on any atom is 0.168 e. The minimum absolute atomic E-state index is 0.422. The number of aromatic nitrogens is 1. The lowest BCUT2D eigenvalue weighted by atomic mass is 10.1. The van der Waals surface area contributed by atoms with E-state index in [0.29, 0.717) is 14.6 Å². The van der Waals surface area contributed by atoms with Gasteiger partial charge in [0.1, 0.15) is 16.8 Å². The number of rotatable bonds is 1. The molecule has 0 aliphatic carbocycles. The van der Waals surface area contributed by atoms with Gasteiger partial charge in [-0.2, -0.15) is 5.26 Å². The normalized spacial score (nSPS) is 10.2. The summed E-state index contributed by atoms with van der Waals surface area (Å²) in [6.07, 6.45) is 0. The van der Waals surface area contributed by atoms with Gasteiger partial charge in [-0.3, -0.25) is 4.57 Å². The van der Waals surface area contributed by atoms with Crippen molar-refractivity contribution >= 4 is 29.4 Å². The Bertz CT molecular complexity index is 674. The minimum atomic E-state index is 0.422. The topological polar surface area (TPSA) is 54.7 Å². The lowest BCUT2D eigenvalue weighted by Gasteiger charge is -2.08. The van der Waals surface area contributed by atoms with E-state index in [0.717, 1.165) is 5.69 Å². The van der Waals surface area contributed by atoms with E-state index in [1.54, 1.807) is 4.57 Å². The molecule has 0 aliphatic rings. The van der Waals surface area contributed by atoms with Crippen molar-refractivity contribution < 1.29 is 0 Å². The second-order valence-electron chi connectivity index (χ2n) is 3.80. The summed E-state index contributed by atoms with van der Waals surface area (Å²) in [4.78, 5) is 0.466. The molecule has 1 heterocycles. The van der Waals surface area contributed by atoms with Crippen LogP contribution >= 0.6 is 23.6 Å². The van der Waals surface area contributed by atoms with Gasteiger partial charge in [0.25, 0.3) is 0 Å². The number of hydrogen-bond acceptors (Lipinski definition) is 4. The van der Waals surface area contributed by atoms with Crippen molar-refractivity contribution in [3.8, 4) is 11.8 Å². The van der Waals surface area contributed by atoms with Crippen molar-refractivity contribution in [2.45, 2.75) is 13.8 Å². The Hall–Kier alpha value is -1.64. The van der Waals surface area contributed by atoms with E-state index in [1.165, 1.54) is 22.5 Å². The smallest absolute Gasteiger partial charge is 0.168 e. The molecule has 0 bridgehead atoms. The standard InChI is InChI=1S/C12H11N3S2/c1-7-3-4-9(5-8(7)2)15-11(14)10(6-13)17-12(15)16/h3-5H,14H2,1-2H3. The summed E-state index contributed by atoms with van der Waals surface area (Å²) in [5, 5.41) is 8.92. The fourth-order valence-corrected chi connectivity index (χ4v) is 2.74. The van der Waals surface area contributed by atoms with Gasteiger partial charge in [0.2, 0.25) is 0 Å². The first-order valence-corrected chi connectivity index (χ1v) is 6.26. The monoisotopic (exact) mass is 261 g/mol. The number of anilines is 1. The lowest BCUT2D eigenvalue weighted by molar-refractivity contribution is 1.07. The maximum atomic E-state index is 8.92. The van der Waals surface area contributed by atoms with E-state index in [4.69, 9.17) is 23.2 Å². The number of nitrogens with zero attached hydrogens (tertiary/aromatic N) is 2. The summed E-state index contributed by atoms with van der Waals surface area (Å²) in [7, 11) is 0. The van der Waals surface area contributed by atoms with Crippen LogP contribution in [0.25, 0.3) is 5.69 Å². The molecule has 0 amide bonds. The predicted molar refractivity (Wildman–Crippen MR) is 73.1 cm³/mol. The highest BCUT2D eigenvalue weighted by atomic mass is 32.1. The number of benzene rings is 1. The van der Waals surface area contributed by atoms with E-state index in [-0.39, 0.29) is 0 Å². The Morgan fingerprint density at radius 1 is 1.35 bits per heavy atom. The highest BCUT2D eigenvalue weighted by molar-refractivity contribution is 7.73. The lowest BCUT2D eigenvalue weighted by Crippen LogP contribution is -2.01. The summed E-state index contributed by atoms with van der Waals surface area (Å²) in [5.41, 5.74) is 9.22. The molecule has 2 rings (SSSR count). The van der Waals surface area contributed by atoms with Crippen LogP contribution < -0.4 is 5.73 Å². The van der Waals surface area contributed by atoms with Gasteiger partial charge in [0.15, 0.2) is 3.95 Å². The molecule has 0 aliphatic heterocycles. The Morgan fingerprint density at radius 3 is 2.59 bits per heavy atom. The largest absolute Gasteiger partial charge is 0.383 e. The maximum absolute atomic E-state index is 8.92. The van der Waals surface area contributed by atoms with Crippen LogP contribution in [-0.2, 0) is 0 Å². The fraction of sp³-hybridized carbons (Fsp3) is 0.167. The van der Waals surface area contributed by atoms with E-state index in [9.17, 15) is 0 Å². The number of nitriles is 1. The van der Waals surface area contributed by atoms with Crippen molar-refractivity contribution in [3.05, 3.63) is 38.2 Å². The van der Waals surface area contributed by atoms with Gasteiger partial charge < -0.3 is 5.73 Å². The van der Waals surface area contributed by atoms with Crippen molar-refractivity contribution in [1.29, 1.82) is 5.26 Å². The summed E-state index contributed by atoms with van der Waals surface area (Å²) >= 11 is 6.47. The Labute approximate surface area is 109 Å². The zero-order valence-electron chi connectivity index (χ0n) is 9.52. The highest BCUT2D eigenvalue weighted by Crippen LogP contribution is 2.26. The van der Waals surface area contributed by atoms with Crippen LogP contribution in [0.15, 0.2) is 18.2 Å². The third-order valence-corrected chi connectivity index (χ3v) is 3.99. The molecule has 0 saturated heterocycles. The van der Waals surface area contributed by atoms with E-state index < -0.39 is 0 Å². The highest BCUT2D eigenvalue weighted by Gasteiger charge is 2.11. The summed E-state index contributed by atoms with van der Waals surface area (Å²) < 4.78 is 2.34. The van der Waals surface area contributed by atoms with Crippen molar-refractivity contribution in [2.75, 3.05) is 5.73 Å². The van der Waals surface area contributed by atoms with Gasteiger partial charge in [-0.05, 0) is 49.3 Å². The van der Waals surface area contributed by atoms with Crippen LogP contribution in [0, 0.1) is 29.1 Å². The molecule has 0 unspecified atom stereocenters. The van der Waals surface area contributed by atoms with Gasteiger partial charge in [-0.15, -0.1) is 0 Å². The fourth-order valence-electron chi connectivity index (χ4n) is 1.57. The average Bonchev–Trinajstić information content (AvgIpc) is 2.58. The van der Waals surface area contributed by atoms with Gasteiger partial charge in [-0.1, -0.05) is 17.4 Å². The first-order valence-electron chi connectivity index (χ1n) is 5.03. The van der Waals surface area contributed by atoms with Gasteiger partial charge in [-0.25, -0.2) is 0 Å². The van der Waals surface area contributed by atoms with Crippen LogP contribution in [0.4, 0.5) is 5.82 Å². The molecule has 2 aromatic rings. The van der Waals surface area contributed by atoms with Gasteiger partial charge in [0, 0.05) is 5.69 Å². The number of hydrogen-bond donors (Lipinski definition) is 1. The molecule has 1 aromatic carbocycles. The Kier molecular flexibility index (Phi) is 3.01. The van der Waals surface area contributed by atoms with Crippen LogP contribution in [-0.4, -0.2) is 4.57 Å². The molecule has 86 valence electrons. The third kappa shape index (κ3) is 1.97. The molecule has 5 heteroatoms.